The van der Waals surface area contributed by atoms with Gasteiger partial charge in [-0.2, -0.15) is 23.4 Å². The zero-order valence-corrected chi connectivity index (χ0v) is 22.2. The molecule has 6 nitrogen and oxygen atoms in total. The average molecular weight is 530 g/mol. The molecular formula is C29H38F3N5O. The summed E-state index contributed by atoms with van der Waals surface area (Å²) in [6.07, 6.45) is 7.12. The maximum Gasteiger partial charge on any atom is 0.389 e. The van der Waals surface area contributed by atoms with E-state index in [1.807, 2.05) is 37.6 Å². The Labute approximate surface area is 222 Å². The molecule has 1 saturated carbocycles. The highest BCUT2D eigenvalue weighted by Gasteiger charge is 2.27. The minimum absolute atomic E-state index is 0.0781. The van der Waals surface area contributed by atoms with E-state index < -0.39 is 12.6 Å². The van der Waals surface area contributed by atoms with Gasteiger partial charge in [-0.15, -0.1) is 0 Å². The van der Waals surface area contributed by atoms with Crippen LogP contribution in [0.2, 0.25) is 0 Å². The van der Waals surface area contributed by atoms with Crippen molar-refractivity contribution < 1.29 is 18.0 Å². The summed E-state index contributed by atoms with van der Waals surface area (Å²) in [5, 5.41) is 9.74. The molecule has 0 atom stereocenters. The number of aromatic nitrogens is 4. The number of alkyl halides is 3. The average Bonchev–Trinajstić information content (AvgIpc) is 3.38. The standard InChI is InChI=1S/C29H38F3N5O/c1-35-20-25-24(4-2-5-26(25)34-35)28(38)18-22-8-6-21(7-9-22)10-15-36-16-11-23-19-33-37(27(23)12-17-36)14-3-13-29(30,31)32/h2,4-5,19-22H,3,6-18H2,1H3. The van der Waals surface area contributed by atoms with E-state index in [2.05, 4.69) is 15.1 Å². The molecule has 5 rings (SSSR count). The quantitative estimate of drug-likeness (QED) is 0.320. The van der Waals surface area contributed by atoms with Gasteiger partial charge in [0, 0.05) is 68.8 Å². The maximum atomic E-state index is 13.1. The summed E-state index contributed by atoms with van der Waals surface area (Å²) in [7, 11) is 1.89. The van der Waals surface area contributed by atoms with Gasteiger partial charge in [-0.05, 0) is 62.1 Å². The van der Waals surface area contributed by atoms with E-state index in [0.717, 1.165) is 67.5 Å². The fourth-order valence-corrected chi connectivity index (χ4v) is 6.31. The van der Waals surface area contributed by atoms with Crippen molar-refractivity contribution in [1.82, 2.24) is 24.5 Å². The number of hydrogen-bond acceptors (Lipinski definition) is 4. The van der Waals surface area contributed by atoms with Crippen molar-refractivity contribution in [2.45, 2.75) is 76.9 Å². The number of fused-ring (bicyclic) bond motifs is 2. The van der Waals surface area contributed by atoms with Gasteiger partial charge in [-0.25, -0.2) is 0 Å². The van der Waals surface area contributed by atoms with Crippen molar-refractivity contribution in [3.63, 3.8) is 0 Å². The van der Waals surface area contributed by atoms with Crippen LogP contribution in [0, 0.1) is 11.8 Å². The molecule has 0 unspecified atom stereocenters. The van der Waals surface area contributed by atoms with Gasteiger partial charge in [0.15, 0.2) is 5.78 Å². The second-order valence-corrected chi connectivity index (χ2v) is 11.2. The number of rotatable bonds is 9. The lowest BCUT2D eigenvalue weighted by Crippen LogP contribution is -2.30. The Hall–Kier alpha value is -2.68. The van der Waals surface area contributed by atoms with Gasteiger partial charge in [0.1, 0.15) is 0 Å². The van der Waals surface area contributed by atoms with Gasteiger partial charge in [-0.3, -0.25) is 14.2 Å². The Morgan fingerprint density at radius 3 is 2.61 bits per heavy atom. The lowest BCUT2D eigenvalue weighted by molar-refractivity contribution is -0.136. The molecule has 2 aliphatic rings. The fourth-order valence-electron chi connectivity index (χ4n) is 6.31. The van der Waals surface area contributed by atoms with Gasteiger partial charge >= 0.3 is 6.18 Å². The predicted octanol–water partition coefficient (Wildman–Crippen LogP) is 5.98. The molecule has 3 heterocycles. The molecule has 0 saturated heterocycles. The summed E-state index contributed by atoms with van der Waals surface area (Å²) in [6, 6.07) is 5.80. The largest absolute Gasteiger partial charge is 0.389 e. The van der Waals surface area contributed by atoms with Gasteiger partial charge in [0.25, 0.3) is 0 Å². The van der Waals surface area contributed by atoms with Crippen molar-refractivity contribution in [1.29, 1.82) is 0 Å². The minimum Gasteiger partial charge on any atom is -0.303 e. The normalized spacial score (nSPS) is 20.9. The van der Waals surface area contributed by atoms with Gasteiger partial charge < -0.3 is 4.90 Å². The van der Waals surface area contributed by atoms with Crippen LogP contribution in [0.4, 0.5) is 13.2 Å². The molecule has 0 amide bonds. The van der Waals surface area contributed by atoms with Crippen LogP contribution in [-0.2, 0) is 26.4 Å². The molecule has 0 spiro atoms. The van der Waals surface area contributed by atoms with E-state index in [9.17, 15) is 18.0 Å². The summed E-state index contributed by atoms with van der Waals surface area (Å²) in [5.41, 5.74) is 3.97. The molecule has 9 heteroatoms. The zero-order chi connectivity index (χ0) is 26.7. The number of carbonyl (C=O) groups excluding carboxylic acids is 1. The van der Waals surface area contributed by atoms with E-state index in [0.29, 0.717) is 24.8 Å². The Morgan fingerprint density at radius 1 is 1.05 bits per heavy atom. The third-order valence-corrected chi connectivity index (χ3v) is 8.49. The summed E-state index contributed by atoms with van der Waals surface area (Å²) < 4.78 is 41.1. The van der Waals surface area contributed by atoms with E-state index >= 15 is 0 Å². The summed E-state index contributed by atoms with van der Waals surface area (Å²) in [4.78, 5) is 15.6. The number of nitrogens with zero attached hydrogens (tertiary/aromatic N) is 5. The first-order valence-electron chi connectivity index (χ1n) is 14.0. The van der Waals surface area contributed by atoms with Crippen molar-refractivity contribution in [3.8, 4) is 0 Å². The molecular weight excluding hydrogens is 491 g/mol. The fraction of sp³-hybridized carbons (Fsp3) is 0.621. The highest BCUT2D eigenvalue weighted by molar-refractivity contribution is 6.07. The van der Waals surface area contributed by atoms with Gasteiger partial charge in [0.05, 0.1) is 11.7 Å². The molecule has 1 fully saturated rings. The smallest absolute Gasteiger partial charge is 0.303 e. The molecule has 0 radical (unpaired) electrons. The molecule has 38 heavy (non-hydrogen) atoms. The first kappa shape index (κ1) is 26.9. The van der Waals surface area contributed by atoms with Gasteiger partial charge in [0.2, 0.25) is 0 Å². The first-order valence-corrected chi connectivity index (χ1v) is 14.0. The van der Waals surface area contributed by atoms with E-state index in [1.54, 1.807) is 9.36 Å². The molecule has 3 aromatic rings. The summed E-state index contributed by atoms with van der Waals surface area (Å²) in [5.74, 6) is 1.39. The van der Waals surface area contributed by atoms with Crippen molar-refractivity contribution >= 4 is 16.7 Å². The Bertz CT molecular complexity index is 1240. The second kappa shape index (κ2) is 11.6. The van der Waals surface area contributed by atoms with Crippen molar-refractivity contribution in [3.05, 3.63) is 47.4 Å². The van der Waals surface area contributed by atoms with Crippen LogP contribution in [0.5, 0.6) is 0 Å². The van der Waals surface area contributed by atoms with Crippen LogP contribution in [0.3, 0.4) is 0 Å². The molecule has 1 aliphatic carbocycles. The number of Topliss-reactive ketones (excluding diaryl/α,β-unsaturated/α-hetero) is 1. The number of halogens is 3. The Morgan fingerprint density at radius 2 is 1.82 bits per heavy atom. The van der Waals surface area contributed by atoms with Crippen molar-refractivity contribution in [2.24, 2.45) is 18.9 Å². The molecule has 206 valence electrons. The SMILES string of the molecule is Cn1cc2c(C(=O)CC3CCC(CCN4CCc5cnn(CCCC(F)(F)F)c5CC4)CC3)cccc2n1. The highest BCUT2D eigenvalue weighted by atomic mass is 19.4. The van der Waals surface area contributed by atoms with Gasteiger partial charge in [-0.1, -0.05) is 25.0 Å². The van der Waals surface area contributed by atoms with Crippen LogP contribution in [0.1, 0.15) is 73.0 Å². The monoisotopic (exact) mass is 529 g/mol. The number of ketones is 1. The number of hydrogen-bond donors (Lipinski definition) is 0. The van der Waals surface area contributed by atoms with Crippen LogP contribution in [0.25, 0.3) is 10.9 Å². The zero-order valence-electron chi connectivity index (χ0n) is 22.2. The van der Waals surface area contributed by atoms with Crippen LogP contribution < -0.4 is 0 Å². The van der Waals surface area contributed by atoms with Crippen LogP contribution >= 0.6 is 0 Å². The number of benzene rings is 1. The Kier molecular flexibility index (Phi) is 8.21. The molecule has 0 bridgehead atoms. The Balaban J connectivity index is 1.04. The van der Waals surface area contributed by atoms with E-state index in [1.165, 1.54) is 24.8 Å². The van der Waals surface area contributed by atoms with E-state index in [4.69, 9.17) is 0 Å². The third kappa shape index (κ3) is 6.65. The summed E-state index contributed by atoms with van der Waals surface area (Å²) in [6.45, 7) is 3.30. The predicted molar refractivity (Wildman–Crippen MR) is 141 cm³/mol. The molecule has 2 aromatic heterocycles. The number of carbonyl (C=O) groups is 1. The third-order valence-electron chi connectivity index (χ3n) is 8.49. The van der Waals surface area contributed by atoms with Crippen LogP contribution in [-0.4, -0.2) is 56.1 Å². The lowest BCUT2D eigenvalue weighted by atomic mass is 9.78. The first-order chi connectivity index (χ1) is 18.2. The highest BCUT2D eigenvalue weighted by Crippen LogP contribution is 2.34. The molecule has 1 aliphatic heterocycles. The lowest BCUT2D eigenvalue weighted by Gasteiger charge is -2.30. The van der Waals surface area contributed by atoms with Crippen LogP contribution in [0.15, 0.2) is 30.6 Å². The molecule has 0 N–H and O–H groups in total. The summed E-state index contributed by atoms with van der Waals surface area (Å²) >= 11 is 0. The minimum atomic E-state index is -4.11. The second-order valence-electron chi connectivity index (χ2n) is 11.2. The number of aryl methyl sites for hydroxylation is 2. The van der Waals surface area contributed by atoms with E-state index in [-0.39, 0.29) is 12.2 Å². The maximum absolute atomic E-state index is 13.1. The van der Waals surface area contributed by atoms with Crippen molar-refractivity contribution in [2.75, 3.05) is 19.6 Å². The molecule has 1 aromatic carbocycles. The topological polar surface area (TPSA) is 56.0 Å².